The van der Waals surface area contributed by atoms with Gasteiger partial charge in [0.15, 0.2) is 0 Å². The average molecular weight is 383 g/mol. The average Bonchev–Trinajstić information content (AvgIpc) is 2.75. The van der Waals surface area contributed by atoms with Crippen molar-refractivity contribution in [3.05, 3.63) is 21.2 Å². The molecule has 2 nitrogen and oxygen atoms in total. The quantitative estimate of drug-likeness (QED) is 0.765. The van der Waals surface area contributed by atoms with Crippen molar-refractivity contribution in [1.82, 2.24) is 4.98 Å². The third-order valence-electron chi connectivity index (χ3n) is 3.35. The lowest BCUT2D eigenvalue weighted by atomic mass is 9.98. The lowest BCUT2D eigenvalue weighted by Crippen LogP contribution is -2.20. The number of nitrogens with zero attached hydrogens (tertiary/aromatic N) is 1. The van der Waals surface area contributed by atoms with Gasteiger partial charge in [0.1, 0.15) is 5.82 Å². The van der Waals surface area contributed by atoms with E-state index in [1.807, 2.05) is 6.07 Å². The van der Waals surface area contributed by atoms with Crippen molar-refractivity contribution in [2.45, 2.75) is 19.3 Å². The summed E-state index contributed by atoms with van der Waals surface area (Å²) in [5, 5.41) is 3.41. The van der Waals surface area contributed by atoms with Crippen molar-refractivity contribution in [2.75, 3.05) is 17.7 Å². The first-order valence-corrected chi connectivity index (χ1v) is 7.93. The molecule has 0 amide bonds. The molecule has 1 aromatic rings. The SMILES string of the molecule is ClCC1CCCC1CNc1ncc(Br)cc1Br. The number of aromatic nitrogens is 1. The molecule has 1 aliphatic rings. The molecule has 2 unspecified atom stereocenters. The highest BCUT2D eigenvalue weighted by Crippen LogP contribution is 2.33. The summed E-state index contributed by atoms with van der Waals surface area (Å²) in [6, 6.07) is 2.00. The van der Waals surface area contributed by atoms with Gasteiger partial charge in [-0.05, 0) is 62.6 Å². The summed E-state index contributed by atoms with van der Waals surface area (Å²) in [7, 11) is 0. The second-order valence-electron chi connectivity index (χ2n) is 4.47. The molecule has 0 aliphatic heterocycles. The van der Waals surface area contributed by atoms with Crippen LogP contribution in [0.4, 0.5) is 5.82 Å². The van der Waals surface area contributed by atoms with Crippen LogP contribution in [0.5, 0.6) is 0 Å². The Hall–Kier alpha value is 0.200. The number of hydrogen-bond donors (Lipinski definition) is 1. The van der Waals surface area contributed by atoms with Crippen molar-refractivity contribution in [1.29, 1.82) is 0 Å². The van der Waals surface area contributed by atoms with Crippen LogP contribution in [0.2, 0.25) is 0 Å². The van der Waals surface area contributed by atoms with Crippen LogP contribution in [0.25, 0.3) is 0 Å². The van der Waals surface area contributed by atoms with Gasteiger partial charge in [0.25, 0.3) is 0 Å². The van der Waals surface area contributed by atoms with Crippen molar-refractivity contribution in [3.63, 3.8) is 0 Å². The van der Waals surface area contributed by atoms with Gasteiger partial charge >= 0.3 is 0 Å². The molecule has 1 saturated carbocycles. The first-order chi connectivity index (χ1) is 8.20. The van der Waals surface area contributed by atoms with Crippen LogP contribution in [0, 0.1) is 11.8 Å². The predicted octanol–water partition coefficient (Wildman–Crippen LogP) is 4.67. The van der Waals surface area contributed by atoms with E-state index in [2.05, 4.69) is 42.2 Å². The lowest BCUT2D eigenvalue weighted by Gasteiger charge is -2.18. The molecule has 2 rings (SSSR count). The van der Waals surface area contributed by atoms with Crippen molar-refractivity contribution in [2.24, 2.45) is 11.8 Å². The molecule has 0 saturated heterocycles. The maximum absolute atomic E-state index is 5.98. The molecule has 5 heteroatoms. The fourth-order valence-electron chi connectivity index (χ4n) is 2.36. The molecule has 0 spiro atoms. The number of anilines is 1. The molecule has 2 atom stereocenters. The highest BCUT2D eigenvalue weighted by atomic mass is 79.9. The third kappa shape index (κ3) is 3.58. The van der Waals surface area contributed by atoms with E-state index in [1.54, 1.807) is 6.20 Å². The molecular formula is C12H15Br2ClN2. The molecule has 1 heterocycles. The minimum atomic E-state index is 0.665. The summed E-state index contributed by atoms with van der Waals surface area (Å²) in [4.78, 5) is 4.35. The minimum absolute atomic E-state index is 0.665. The van der Waals surface area contributed by atoms with Gasteiger partial charge in [-0.1, -0.05) is 6.42 Å². The van der Waals surface area contributed by atoms with E-state index in [0.29, 0.717) is 11.8 Å². The van der Waals surface area contributed by atoms with Gasteiger partial charge < -0.3 is 5.32 Å². The highest BCUT2D eigenvalue weighted by Gasteiger charge is 2.26. The van der Waals surface area contributed by atoms with Crippen LogP contribution >= 0.6 is 43.5 Å². The molecule has 1 aromatic heterocycles. The Morgan fingerprint density at radius 3 is 2.82 bits per heavy atom. The van der Waals surface area contributed by atoms with Gasteiger partial charge in [0.05, 0.1) is 4.47 Å². The van der Waals surface area contributed by atoms with Gasteiger partial charge in [-0.25, -0.2) is 4.98 Å². The van der Waals surface area contributed by atoms with Gasteiger partial charge in [0, 0.05) is 23.1 Å². The van der Waals surface area contributed by atoms with Crippen molar-refractivity contribution in [3.8, 4) is 0 Å². The summed E-state index contributed by atoms with van der Waals surface area (Å²) in [5.74, 6) is 3.04. The number of rotatable bonds is 4. The number of alkyl halides is 1. The number of nitrogens with one attached hydrogen (secondary N) is 1. The molecule has 1 fully saturated rings. The Balaban J connectivity index is 1.93. The first-order valence-electron chi connectivity index (χ1n) is 5.81. The molecule has 0 bridgehead atoms. The number of hydrogen-bond acceptors (Lipinski definition) is 2. The van der Waals surface area contributed by atoms with E-state index in [1.165, 1.54) is 19.3 Å². The Labute approximate surface area is 124 Å². The van der Waals surface area contributed by atoms with Crippen LogP contribution in [0.15, 0.2) is 21.2 Å². The molecule has 1 aliphatic carbocycles. The largest absolute Gasteiger partial charge is 0.369 e. The normalized spacial score (nSPS) is 23.9. The zero-order valence-electron chi connectivity index (χ0n) is 9.43. The monoisotopic (exact) mass is 380 g/mol. The third-order valence-corrected chi connectivity index (χ3v) is 4.79. The maximum Gasteiger partial charge on any atom is 0.140 e. The van der Waals surface area contributed by atoms with E-state index in [0.717, 1.165) is 27.2 Å². The molecule has 1 N–H and O–H groups in total. The van der Waals surface area contributed by atoms with E-state index in [9.17, 15) is 0 Å². The Bertz CT molecular complexity index is 387. The fraction of sp³-hybridized carbons (Fsp3) is 0.583. The van der Waals surface area contributed by atoms with E-state index >= 15 is 0 Å². The van der Waals surface area contributed by atoms with Crippen LogP contribution in [0.1, 0.15) is 19.3 Å². The van der Waals surface area contributed by atoms with Crippen molar-refractivity contribution < 1.29 is 0 Å². The molecule has 17 heavy (non-hydrogen) atoms. The minimum Gasteiger partial charge on any atom is -0.369 e. The van der Waals surface area contributed by atoms with Crippen LogP contribution in [0.3, 0.4) is 0 Å². The van der Waals surface area contributed by atoms with Gasteiger partial charge in [0.2, 0.25) is 0 Å². The Morgan fingerprint density at radius 2 is 2.12 bits per heavy atom. The fourth-order valence-corrected chi connectivity index (χ4v) is 3.89. The zero-order chi connectivity index (χ0) is 12.3. The van der Waals surface area contributed by atoms with Gasteiger partial charge in [-0.15, -0.1) is 11.6 Å². The maximum atomic E-state index is 5.98. The standard InChI is InChI=1S/C12H15Br2ClN2/c13-10-4-11(14)12(17-7-10)16-6-9-3-1-2-8(9)5-15/h4,7-9H,1-3,5-6H2,(H,16,17). The van der Waals surface area contributed by atoms with Gasteiger partial charge in [-0.2, -0.15) is 0 Å². The molecular weight excluding hydrogens is 367 g/mol. The first kappa shape index (κ1) is 13.6. The summed E-state index contributed by atoms with van der Waals surface area (Å²) < 4.78 is 1.97. The van der Waals surface area contributed by atoms with Crippen LogP contribution in [-0.2, 0) is 0 Å². The Kier molecular flexibility index (Phi) is 5.12. The summed E-state index contributed by atoms with van der Waals surface area (Å²) in [6.45, 7) is 0.963. The van der Waals surface area contributed by atoms with Crippen LogP contribution in [-0.4, -0.2) is 17.4 Å². The smallest absolute Gasteiger partial charge is 0.140 e. The van der Waals surface area contributed by atoms with E-state index < -0.39 is 0 Å². The zero-order valence-corrected chi connectivity index (χ0v) is 13.4. The van der Waals surface area contributed by atoms with E-state index in [-0.39, 0.29) is 0 Å². The van der Waals surface area contributed by atoms with E-state index in [4.69, 9.17) is 11.6 Å². The number of pyridine rings is 1. The van der Waals surface area contributed by atoms with Crippen LogP contribution < -0.4 is 5.32 Å². The predicted molar refractivity (Wildman–Crippen MR) is 79.7 cm³/mol. The summed E-state index contributed by atoms with van der Waals surface area (Å²) in [5.41, 5.74) is 0. The summed E-state index contributed by atoms with van der Waals surface area (Å²) >= 11 is 12.9. The second kappa shape index (κ2) is 6.39. The lowest BCUT2D eigenvalue weighted by molar-refractivity contribution is 0.444. The molecule has 0 aromatic carbocycles. The topological polar surface area (TPSA) is 24.9 Å². The Morgan fingerprint density at radius 1 is 1.35 bits per heavy atom. The second-order valence-corrected chi connectivity index (χ2v) is 6.55. The summed E-state index contributed by atoms with van der Waals surface area (Å²) in [6.07, 6.45) is 5.66. The van der Waals surface area contributed by atoms with Gasteiger partial charge in [-0.3, -0.25) is 0 Å². The highest BCUT2D eigenvalue weighted by molar-refractivity contribution is 9.11. The number of halogens is 3. The van der Waals surface area contributed by atoms with Crippen molar-refractivity contribution >= 4 is 49.3 Å². The molecule has 0 radical (unpaired) electrons. The molecule has 94 valence electrons.